The number of benzene rings is 2. The second kappa shape index (κ2) is 7.22. The summed E-state index contributed by atoms with van der Waals surface area (Å²) in [4.78, 5) is 25.5. The molecule has 27 heavy (non-hydrogen) atoms. The maximum Gasteiger partial charge on any atom is 0.233 e. The topological polar surface area (TPSA) is 51.1 Å². The molecule has 0 aliphatic carbocycles. The van der Waals surface area contributed by atoms with Crippen LogP contribution in [0.25, 0.3) is 0 Å². The van der Waals surface area contributed by atoms with Crippen LogP contribution < -0.4 is 5.32 Å². The fraction of sp³-hybridized carbons (Fsp3) is 0.143. The van der Waals surface area contributed by atoms with Crippen LogP contribution in [0.15, 0.2) is 60.7 Å². The third-order valence-corrected chi connectivity index (χ3v) is 5.33. The van der Waals surface area contributed by atoms with Crippen LogP contribution in [0.4, 0.5) is 5.69 Å². The van der Waals surface area contributed by atoms with E-state index in [0.717, 1.165) is 5.69 Å². The highest BCUT2D eigenvalue weighted by Gasteiger charge is 2.32. The van der Waals surface area contributed by atoms with Crippen LogP contribution >= 0.6 is 23.2 Å². The van der Waals surface area contributed by atoms with E-state index in [1.165, 1.54) is 0 Å². The Morgan fingerprint density at radius 2 is 1.78 bits per heavy atom. The molecule has 6 heteroatoms. The van der Waals surface area contributed by atoms with Gasteiger partial charge in [-0.1, -0.05) is 53.5 Å². The van der Waals surface area contributed by atoms with E-state index in [-0.39, 0.29) is 17.6 Å². The van der Waals surface area contributed by atoms with E-state index in [1.807, 2.05) is 28.8 Å². The highest BCUT2D eigenvalue weighted by Crippen LogP contribution is 2.33. The monoisotopic (exact) mass is 398 g/mol. The van der Waals surface area contributed by atoms with E-state index >= 15 is 0 Å². The normalized spacial score (nSPS) is 15.4. The summed E-state index contributed by atoms with van der Waals surface area (Å²) in [5, 5.41) is 3.77. The molecule has 0 fully saturated rings. The van der Waals surface area contributed by atoms with Gasteiger partial charge in [0.1, 0.15) is 0 Å². The van der Waals surface area contributed by atoms with Gasteiger partial charge in [-0.05, 0) is 36.8 Å². The van der Waals surface area contributed by atoms with Gasteiger partial charge >= 0.3 is 0 Å². The number of hydrogen-bond acceptors (Lipinski definition) is 2. The number of carbonyl (C=O) groups is 2. The zero-order chi connectivity index (χ0) is 19.0. The van der Waals surface area contributed by atoms with Gasteiger partial charge in [0.25, 0.3) is 0 Å². The molecule has 0 unspecified atom stereocenters. The molecule has 1 aliphatic rings. The Morgan fingerprint density at radius 3 is 2.52 bits per heavy atom. The number of fused-ring (bicyclic) bond motifs is 1. The number of amides is 1. The number of halogens is 2. The van der Waals surface area contributed by atoms with Crippen LogP contribution in [0.5, 0.6) is 0 Å². The van der Waals surface area contributed by atoms with Gasteiger partial charge in [0, 0.05) is 22.8 Å². The molecule has 2 aromatic carbocycles. The van der Waals surface area contributed by atoms with E-state index in [9.17, 15) is 9.59 Å². The molecule has 1 N–H and O–H groups in total. The first-order valence-corrected chi connectivity index (χ1v) is 9.35. The van der Waals surface area contributed by atoms with Gasteiger partial charge in [0.15, 0.2) is 0 Å². The first kappa shape index (κ1) is 17.8. The number of ketones is 1. The molecule has 1 aliphatic heterocycles. The second-order valence-corrected chi connectivity index (χ2v) is 7.29. The fourth-order valence-electron chi connectivity index (χ4n) is 3.46. The molecular weight excluding hydrogens is 383 g/mol. The Bertz CT molecular complexity index is 1030. The molecule has 4 nitrogen and oxygen atoms in total. The van der Waals surface area contributed by atoms with Crippen LogP contribution in [0, 0.1) is 0 Å². The van der Waals surface area contributed by atoms with Gasteiger partial charge in [-0.3, -0.25) is 9.59 Å². The molecular formula is C21H16Cl2N2O2. The Morgan fingerprint density at radius 1 is 1.00 bits per heavy atom. The summed E-state index contributed by atoms with van der Waals surface area (Å²) in [6.07, 6.45) is 0.641. The zero-order valence-corrected chi connectivity index (χ0v) is 15.8. The smallest absolute Gasteiger partial charge is 0.233 e. The third-order valence-electron chi connectivity index (χ3n) is 4.79. The van der Waals surface area contributed by atoms with Crippen molar-refractivity contribution >= 4 is 40.6 Å². The highest BCUT2D eigenvalue weighted by molar-refractivity contribution is 6.36. The Hall–Kier alpha value is -2.56. The maximum atomic E-state index is 12.8. The van der Waals surface area contributed by atoms with Gasteiger partial charge in [-0.15, -0.1) is 0 Å². The zero-order valence-electron chi connectivity index (χ0n) is 14.3. The summed E-state index contributed by atoms with van der Waals surface area (Å²) in [6.45, 7) is 0.628. The molecule has 0 saturated heterocycles. The average molecular weight is 399 g/mol. The second-order valence-electron chi connectivity index (χ2n) is 6.44. The van der Waals surface area contributed by atoms with Crippen LogP contribution in [-0.2, 0) is 11.3 Å². The van der Waals surface area contributed by atoms with Crippen LogP contribution in [0.2, 0.25) is 10.0 Å². The predicted molar refractivity (Wildman–Crippen MR) is 107 cm³/mol. The number of rotatable bonds is 4. The number of carbonyl (C=O) groups excluding carboxylic acids is 2. The molecule has 0 bridgehead atoms. The first-order valence-electron chi connectivity index (χ1n) is 8.59. The number of nitrogens with one attached hydrogen (secondary N) is 1. The number of nitrogens with zero attached hydrogens (tertiary/aromatic N) is 1. The maximum absolute atomic E-state index is 12.8. The molecule has 4 rings (SSSR count). The van der Waals surface area contributed by atoms with E-state index in [2.05, 4.69) is 5.32 Å². The van der Waals surface area contributed by atoms with Crippen molar-refractivity contribution in [1.82, 2.24) is 4.57 Å². The Kier molecular flexibility index (Phi) is 4.77. The Labute approximate surface area is 166 Å². The van der Waals surface area contributed by atoms with Gasteiger partial charge < -0.3 is 9.88 Å². The van der Waals surface area contributed by atoms with Gasteiger partial charge in [0.05, 0.1) is 22.3 Å². The summed E-state index contributed by atoms with van der Waals surface area (Å²) in [7, 11) is 0. The molecule has 136 valence electrons. The predicted octanol–water partition coefficient (Wildman–Crippen LogP) is 5.15. The van der Waals surface area contributed by atoms with Crippen molar-refractivity contribution < 1.29 is 9.59 Å². The molecule has 1 amide bonds. The molecule has 1 atom stereocenters. The minimum absolute atomic E-state index is 0.0383. The van der Waals surface area contributed by atoms with E-state index in [1.54, 1.807) is 36.4 Å². The van der Waals surface area contributed by atoms with Crippen molar-refractivity contribution in [3.05, 3.63) is 87.7 Å². The van der Waals surface area contributed by atoms with Crippen molar-refractivity contribution in [2.24, 2.45) is 0 Å². The number of anilines is 1. The Balaban J connectivity index is 1.57. The van der Waals surface area contributed by atoms with Gasteiger partial charge in [-0.2, -0.15) is 0 Å². The lowest BCUT2D eigenvalue weighted by molar-refractivity contribution is -0.117. The molecule has 2 heterocycles. The van der Waals surface area contributed by atoms with Crippen molar-refractivity contribution in [3.8, 4) is 0 Å². The summed E-state index contributed by atoms with van der Waals surface area (Å²) in [5.41, 5.74) is 2.61. The fourth-order valence-corrected chi connectivity index (χ4v) is 3.91. The average Bonchev–Trinajstić information content (AvgIpc) is 3.26. The van der Waals surface area contributed by atoms with Crippen molar-refractivity contribution in [3.63, 3.8) is 0 Å². The van der Waals surface area contributed by atoms with Crippen LogP contribution in [-0.4, -0.2) is 16.3 Å². The lowest BCUT2D eigenvalue weighted by Crippen LogP contribution is -2.19. The van der Waals surface area contributed by atoms with Crippen LogP contribution in [0.1, 0.15) is 34.1 Å². The lowest BCUT2D eigenvalue weighted by atomic mass is 10.0. The minimum atomic E-state index is -0.325. The third kappa shape index (κ3) is 3.38. The summed E-state index contributed by atoms with van der Waals surface area (Å²) >= 11 is 12.0. The number of aromatic nitrogens is 1. The summed E-state index contributed by atoms with van der Waals surface area (Å²) < 4.78 is 1.93. The summed E-state index contributed by atoms with van der Waals surface area (Å²) in [6, 6.07) is 17.7. The van der Waals surface area contributed by atoms with Crippen LogP contribution in [0.3, 0.4) is 0 Å². The largest absolute Gasteiger partial charge is 0.341 e. The van der Waals surface area contributed by atoms with Gasteiger partial charge in [0.2, 0.25) is 11.7 Å². The van der Waals surface area contributed by atoms with Gasteiger partial charge in [-0.25, -0.2) is 0 Å². The standard InChI is InChI=1S/C21H16Cl2N2O2/c22-14-6-7-17(16(23)12-14)24-21(27)15-10-11-25-18(15)8-9-19(25)20(26)13-4-2-1-3-5-13/h1-9,12,15H,10-11H2,(H,24,27)/t15-/m1/s1. The van der Waals surface area contributed by atoms with E-state index in [0.29, 0.717) is 40.0 Å². The first-order chi connectivity index (χ1) is 13.0. The van der Waals surface area contributed by atoms with Crippen molar-refractivity contribution in [2.75, 3.05) is 5.32 Å². The number of hydrogen-bond donors (Lipinski definition) is 1. The van der Waals surface area contributed by atoms with E-state index < -0.39 is 0 Å². The molecule has 1 aromatic heterocycles. The quantitative estimate of drug-likeness (QED) is 0.617. The van der Waals surface area contributed by atoms with Crippen molar-refractivity contribution in [1.29, 1.82) is 0 Å². The summed E-state index contributed by atoms with van der Waals surface area (Å²) in [5.74, 6) is -0.507. The highest BCUT2D eigenvalue weighted by atomic mass is 35.5. The molecule has 3 aromatic rings. The molecule has 0 radical (unpaired) electrons. The minimum Gasteiger partial charge on any atom is -0.341 e. The van der Waals surface area contributed by atoms with E-state index in [4.69, 9.17) is 23.2 Å². The van der Waals surface area contributed by atoms with Crippen molar-refractivity contribution in [2.45, 2.75) is 18.9 Å². The SMILES string of the molecule is O=C(c1ccccc1)c1ccc2n1CC[C@H]2C(=O)Nc1ccc(Cl)cc1Cl. The molecule has 0 spiro atoms. The lowest BCUT2D eigenvalue weighted by Gasteiger charge is -2.12. The molecule has 0 saturated carbocycles.